The van der Waals surface area contributed by atoms with Crippen molar-refractivity contribution in [2.24, 2.45) is 0 Å². The molecule has 0 saturated carbocycles. The number of anilines is 1. The Kier molecular flexibility index (Phi) is 5.25. The number of hydrogen-bond donors (Lipinski definition) is 1. The van der Waals surface area contributed by atoms with Crippen molar-refractivity contribution < 1.29 is 9.59 Å². The number of rotatable bonds is 5. The van der Waals surface area contributed by atoms with Crippen molar-refractivity contribution in [2.45, 2.75) is 37.1 Å². The highest BCUT2D eigenvalue weighted by Gasteiger charge is 2.32. The summed E-state index contributed by atoms with van der Waals surface area (Å²) in [4.78, 5) is 28.0. The van der Waals surface area contributed by atoms with Gasteiger partial charge in [0.2, 0.25) is 11.9 Å². The number of nitrogens with zero attached hydrogens (tertiary/aromatic N) is 5. The van der Waals surface area contributed by atoms with Crippen LogP contribution in [-0.2, 0) is 4.79 Å². The van der Waals surface area contributed by atoms with Gasteiger partial charge in [0.25, 0.3) is 0 Å². The molecule has 3 heterocycles. The lowest BCUT2D eigenvalue weighted by Gasteiger charge is -2.20. The minimum absolute atomic E-state index is 0.207. The molecule has 1 atom stereocenters. The predicted molar refractivity (Wildman–Crippen MR) is 108 cm³/mol. The Hall–Kier alpha value is -2.55. The summed E-state index contributed by atoms with van der Waals surface area (Å²) < 4.78 is 2.02. The summed E-state index contributed by atoms with van der Waals surface area (Å²) in [6.07, 6.45) is 2.28. The number of carbonyl (C=O) groups is 2. The largest absolute Gasteiger partial charge is 0.341 e. The first-order valence-electron chi connectivity index (χ1n) is 9.58. The van der Waals surface area contributed by atoms with Gasteiger partial charge in [0, 0.05) is 26.2 Å². The van der Waals surface area contributed by atoms with Crippen LogP contribution in [0.3, 0.4) is 0 Å². The van der Waals surface area contributed by atoms with Gasteiger partial charge in [-0.05, 0) is 38.8 Å². The quantitative estimate of drug-likeness (QED) is 0.775. The van der Waals surface area contributed by atoms with Crippen LogP contribution in [0.2, 0.25) is 0 Å². The fraction of sp³-hybridized carbons (Fsp3) is 0.474. The number of carbonyl (C=O) groups excluding carboxylic acids is 2. The molecule has 1 aromatic heterocycles. The van der Waals surface area contributed by atoms with Gasteiger partial charge in [-0.25, -0.2) is 4.79 Å². The van der Waals surface area contributed by atoms with Crippen molar-refractivity contribution in [2.75, 3.05) is 31.1 Å². The van der Waals surface area contributed by atoms with Crippen molar-refractivity contribution in [3.63, 3.8) is 0 Å². The summed E-state index contributed by atoms with van der Waals surface area (Å²) in [7, 11) is 0. The highest BCUT2D eigenvalue weighted by atomic mass is 32.2. The number of hydrogen-bond acceptors (Lipinski definition) is 6. The molecule has 0 radical (unpaired) electrons. The molecule has 2 fully saturated rings. The number of aromatic nitrogens is 3. The first-order chi connectivity index (χ1) is 13.5. The Morgan fingerprint density at radius 3 is 2.50 bits per heavy atom. The predicted octanol–water partition coefficient (Wildman–Crippen LogP) is 2.21. The minimum atomic E-state index is -0.441. The van der Waals surface area contributed by atoms with Crippen LogP contribution in [0.5, 0.6) is 0 Å². The molecule has 2 saturated heterocycles. The molecule has 2 aliphatic rings. The van der Waals surface area contributed by atoms with Crippen LogP contribution < -0.4 is 10.2 Å². The molecule has 3 amide bonds. The van der Waals surface area contributed by atoms with Crippen molar-refractivity contribution >= 4 is 29.6 Å². The van der Waals surface area contributed by atoms with Crippen LogP contribution in [-0.4, -0.2) is 63.0 Å². The Labute approximate surface area is 168 Å². The van der Waals surface area contributed by atoms with Gasteiger partial charge in [-0.1, -0.05) is 29.5 Å². The summed E-state index contributed by atoms with van der Waals surface area (Å²) >= 11 is 1.34. The molecule has 8 nitrogen and oxygen atoms in total. The van der Waals surface area contributed by atoms with E-state index >= 15 is 0 Å². The third-order valence-electron chi connectivity index (χ3n) is 5.05. The number of aryl methyl sites for hydroxylation is 1. The second-order valence-electron chi connectivity index (χ2n) is 7.13. The maximum atomic E-state index is 12.7. The average molecular weight is 401 g/mol. The van der Waals surface area contributed by atoms with Crippen LogP contribution in [0, 0.1) is 6.92 Å². The number of amides is 3. The second-order valence-corrected chi connectivity index (χ2v) is 8.44. The lowest BCUT2D eigenvalue weighted by Crippen LogP contribution is -2.39. The summed E-state index contributed by atoms with van der Waals surface area (Å²) in [5, 5.41) is 11.7. The molecule has 0 aliphatic carbocycles. The van der Waals surface area contributed by atoms with Crippen LogP contribution in [0.25, 0.3) is 5.69 Å². The Bertz CT molecular complexity index is 875. The second kappa shape index (κ2) is 7.83. The van der Waals surface area contributed by atoms with Gasteiger partial charge >= 0.3 is 6.03 Å². The van der Waals surface area contributed by atoms with Crippen molar-refractivity contribution in [1.82, 2.24) is 25.0 Å². The summed E-state index contributed by atoms with van der Waals surface area (Å²) in [5.74, 6) is 0.601. The third-order valence-corrected chi connectivity index (χ3v) is 6.08. The summed E-state index contributed by atoms with van der Waals surface area (Å²) in [5.41, 5.74) is 2.15. The Morgan fingerprint density at radius 2 is 1.86 bits per heavy atom. The van der Waals surface area contributed by atoms with Crippen molar-refractivity contribution in [3.05, 3.63) is 29.8 Å². The fourth-order valence-electron chi connectivity index (χ4n) is 3.49. The maximum Gasteiger partial charge on any atom is 0.324 e. The standard InChI is InChI=1S/C19H24N6O2S/c1-13-5-7-15(8-6-13)25-17(23-10-3-4-11-23)21-22-19(25)28-14(2)16(26)24-12-9-20-18(24)27/h5-8,14H,3-4,9-12H2,1-2H3,(H,20,27). The Morgan fingerprint density at radius 1 is 1.14 bits per heavy atom. The molecule has 0 spiro atoms. The highest BCUT2D eigenvalue weighted by molar-refractivity contribution is 8.00. The molecule has 148 valence electrons. The van der Waals surface area contributed by atoms with E-state index in [4.69, 9.17) is 0 Å². The zero-order valence-electron chi connectivity index (χ0n) is 16.1. The molecular weight excluding hydrogens is 376 g/mol. The lowest BCUT2D eigenvalue weighted by atomic mass is 10.2. The monoisotopic (exact) mass is 400 g/mol. The van der Waals surface area contributed by atoms with E-state index in [2.05, 4.69) is 39.5 Å². The number of benzene rings is 1. The van der Waals surface area contributed by atoms with Gasteiger partial charge in [-0.15, -0.1) is 10.2 Å². The van der Waals surface area contributed by atoms with E-state index in [1.807, 2.05) is 23.6 Å². The minimum Gasteiger partial charge on any atom is -0.341 e. The molecule has 2 aliphatic heterocycles. The molecule has 0 bridgehead atoms. The van der Waals surface area contributed by atoms with E-state index in [-0.39, 0.29) is 11.9 Å². The zero-order chi connectivity index (χ0) is 19.7. The smallest absolute Gasteiger partial charge is 0.324 e. The van der Waals surface area contributed by atoms with Crippen LogP contribution in [0.4, 0.5) is 10.7 Å². The fourth-order valence-corrected chi connectivity index (χ4v) is 4.41. The van der Waals surface area contributed by atoms with Gasteiger partial charge in [-0.3, -0.25) is 14.3 Å². The molecule has 1 aromatic carbocycles. The zero-order valence-corrected chi connectivity index (χ0v) is 16.9. The summed E-state index contributed by atoms with van der Waals surface area (Å²) in [6.45, 7) is 6.68. The Balaban J connectivity index is 1.63. The topological polar surface area (TPSA) is 83.4 Å². The first kappa shape index (κ1) is 18.8. The maximum absolute atomic E-state index is 12.7. The number of nitrogens with one attached hydrogen (secondary N) is 1. The molecular formula is C19H24N6O2S. The van der Waals surface area contributed by atoms with E-state index < -0.39 is 5.25 Å². The van der Waals surface area contributed by atoms with E-state index in [1.54, 1.807) is 0 Å². The van der Waals surface area contributed by atoms with Gasteiger partial charge in [0.05, 0.1) is 10.9 Å². The van der Waals surface area contributed by atoms with Crippen LogP contribution in [0.1, 0.15) is 25.3 Å². The lowest BCUT2D eigenvalue weighted by molar-refractivity contribution is -0.126. The highest BCUT2D eigenvalue weighted by Crippen LogP contribution is 2.31. The van der Waals surface area contributed by atoms with E-state index in [0.717, 1.165) is 37.6 Å². The number of thioether (sulfide) groups is 1. The van der Waals surface area contributed by atoms with Gasteiger partial charge in [-0.2, -0.15) is 0 Å². The van der Waals surface area contributed by atoms with Gasteiger partial charge < -0.3 is 10.2 Å². The van der Waals surface area contributed by atoms with Gasteiger partial charge in [0.15, 0.2) is 5.16 Å². The first-order valence-corrected chi connectivity index (χ1v) is 10.5. The van der Waals surface area contributed by atoms with Crippen molar-refractivity contribution in [3.8, 4) is 5.69 Å². The van der Waals surface area contributed by atoms with Crippen molar-refractivity contribution in [1.29, 1.82) is 0 Å². The molecule has 9 heteroatoms. The normalized spacial score (nSPS) is 17.9. The van der Waals surface area contributed by atoms with E-state index in [9.17, 15) is 9.59 Å². The molecule has 1 N–H and O–H groups in total. The molecule has 2 aromatic rings. The molecule has 1 unspecified atom stereocenters. The van der Waals surface area contributed by atoms with E-state index in [1.165, 1.54) is 22.2 Å². The molecule has 28 heavy (non-hydrogen) atoms. The SMILES string of the molecule is Cc1ccc(-n2c(SC(C)C(=O)N3CCNC3=O)nnc2N2CCCC2)cc1. The van der Waals surface area contributed by atoms with Gasteiger partial charge in [0.1, 0.15) is 0 Å². The number of urea groups is 1. The van der Waals surface area contributed by atoms with Crippen LogP contribution >= 0.6 is 11.8 Å². The van der Waals surface area contributed by atoms with E-state index in [0.29, 0.717) is 18.2 Å². The molecule has 4 rings (SSSR count). The number of imide groups is 1. The third kappa shape index (κ3) is 3.58. The van der Waals surface area contributed by atoms with Crippen LogP contribution in [0.15, 0.2) is 29.4 Å². The average Bonchev–Trinajstić information content (AvgIpc) is 3.42. The summed E-state index contributed by atoms with van der Waals surface area (Å²) in [6, 6.07) is 7.88.